The first kappa shape index (κ1) is 10.5. The van der Waals surface area contributed by atoms with Crippen LogP contribution >= 0.6 is 0 Å². The molecule has 1 aliphatic heterocycles. The molecule has 4 heteroatoms. The predicted molar refractivity (Wildman–Crippen MR) is 46.0 cm³/mol. The Bertz CT molecular complexity index is 213. The molecule has 0 aromatic carbocycles. The third-order valence-corrected chi connectivity index (χ3v) is 2.70. The number of aliphatic hydroxyl groups is 1. The number of nitriles is 1. The van der Waals surface area contributed by atoms with Crippen molar-refractivity contribution in [3.63, 3.8) is 0 Å². The number of nitrogens with zero attached hydrogens (tertiary/aromatic N) is 1. The molecule has 0 aromatic rings. The lowest BCUT2D eigenvalue weighted by atomic mass is 9.81. The van der Waals surface area contributed by atoms with Gasteiger partial charge in [-0.15, -0.1) is 0 Å². The first-order chi connectivity index (χ1) is 6.15. The van der Waals surface area contributed by atoms with Crippen LogP contribution in [0.3, 0.4) is 0 Å². The second-order valence-electron chi connectivity index (χ2n) is 3.39. The van der Waals surface area contributed by atoms with Crippen molar-refractivity contribution in [3.8, 4) is 6.07 Å². The summed E-state index contributed by atoms with van der Waals surface area (Å²) in [7, 11) is 1.52. The summed E-state index contributed by atoms with van der Waals surface area (Å²) < 4.78 is 10.3. The zero-order valence-corrected chi connectivity index (χ0v) is 7.99. The summed E-state index contributed by atoms with van der Waals surface area (Å²) in [5, 5.41) is 18.9. The van der Waals surface area contributed by atoms with Crippen LogP contribution in [0.5, 0.6) is 0 Å². The minimum Gasteiger partial charge on any atom is -0.386 e. The van der Waals surface area contributed by atoms with Crippen molar-refractivity contribution in [2.75, 3.05) is 20.3 Å². The van der Waals surface area contributed by atoms with Crippen molar-refractivity contribution < 1.29 is 14.6 Å². The van der Waals surface area contributed by atoms with Crippen LogP contribution in [0.15, 0.2) is 0 Å². The molecule has 1 N–H and O–H groups in total. The Hall–Kier alpha value is -0.630. The lowest BCUT2D eigenvalue weighted by Gasteiger charge is -2.40. The van der Waals surface area contributed by atoms with Gasteiger partial charge in [-0.3, -0.25) is 0 Å². The highest BCUT2D eigenvalue weighted by molar-refractivity contribution is 5.02. The predicted octanol–water partition coefficient (Wildman–Crippen LogP) is 0.312. The fourth-order valence-corrected chi connectivity index (χ4v) is 1.61. The molecule has 0 aliphatic carbocycles. The van der Waals surface area contributed by atoms with Gasteiger partial charge in [0.15, 0.2) is 0 Å². The molecule has 74 valence electrons. The van der Waals surface area contributed by atoms with E-state index in [-0.39, 0.29) is 0 Å². The minimum absolute atomic E-state index is 0.360. The second kappa shape index (κ2) is 4.05. The molecule has 3 unspecified atom stereocenters. The number of rotatable bonds is 2. The van der Waals surface area contributed by atoms with Crippen LogP contribution in [0, 0.1) is 17.2 Å². The highest BCUT2D eigenvalue weighted by Gasteiger charge is 2.44. The Kier molecular flexibility index (Phi) is 3.26. The molecule has 0 radical (unpaired) electrons. The topological polar surface area (TPSA) is 62.5 Å². The number of ether oxygens (including phenoxy) is 2. The Balaban J connectivity index is 2.77. The normalized spacial score (nSPS) is 36.6. The summed E-state index contributed by atoms with van der Waals surface area (Å²) >= 11 is 0. The van der Waals surface area contributed by atoms with Crippen molar-refractivity contribution in [2.45, 2.75) is 25.0 Å². The Morgan fingerprint density at radius 3 is 3.00 bits per heavy atom. The highest BCUT2D eigenvalue weighted by atomic mass is 16.5. The van der Waals surface area contributed by atoms with E-state index in [1.807, 2.05) is 0 Å². The standard InChI is InChI=1S/C9H15NO3/c1-7(5-10)9(11)3-4-13-6-8(9)12-2/h7-8,11H,3-4,6H2,1-2H3. The molecule has 1 heterocycles. The van der Waals surface area contributed by atoms with E-state index in [4.69, 9.17) is 14.7 Å². The summed E-state index contributed by atoms with van der Waals surface area (Å²) in [5.41, 5.74) is -1.05. The van der Waals surface area contributed by atoms with Gasteiger partial charge in [0, 0.05) is 20.1 Å². The van der Waals surface area contributed by atoms with Gasteiger partial charge in [0.05, 0.1) is 18.6 Å². The number of hydrogen-bond acceptors (Lipinski definition) is 4. The van der Waals surface area contributed by atoms with E-state index in [0.29, 0.717) is 19.6 Å². The van der Waals surface area contributed by atoms with Gasteiger partial charge in [0.2, 0.25) is 0 Å². The SMILES string of the molecule is COC1COCCC1(O)C(C)C#N. The van der Waals surface area contributed by atoms with Gasteiger partial charge >= 0.3 is 0 Å². The highest BCUT2D eigenvalue weighted by Crippen LogP contribution is 2.30. The van der Waals surface area contributed by atoms with E-state index in [1.54, 1.807) is 6.92 Å². The number of methoxy groups -OCH3 is 1. The van der Waals surface area contributed by atoms with Crippen LogP contribution in [-0.2, 0) is 9.47 Å². The van der Waals surface area contributed by atoms with Gasteiger partial charge < -0.3 is 14.6 Å². The molecular weight excluding hydrogens is 170 g/mol. The van der Waals surface area contributed by atoms with E-state index in [0.717, 1.165) is 0 Å². The molecular formula is C9H15NO3. The van der Waals surface area contributed by atoms with Crippen LogP contribution in [-0.4, -0.2) is 37.1 Å². The van der Waals surface area contributed by atoms with E-state index < -0.39 is 17.6 Å². The molecule has 0 saturated carbocycles. The van der Waals surface area contributed by atoms with Crippen molar-refractivity contribution in [3.05, 3.63) is 0 Å². The molecule has 0 spiro atoms. The molecule has 0 amide bonds. The molecule has 1 aliphatic rings. The number of hydrogen-bond donors (Lipinski definition) is 1. The van der Waals surface area contributed by atoms with E-state index in [1.165, 1.54) is 7.11 Å². The first-order valence-corrected chi connectivity index (χ1v) is 4.37. The van der Waals surface area contributed by atoms with Crippen molar-refractivity contribution in [1.29, 1.82) is 5.26 Å². The molecule has 4 nitrogen and oxygen atoms in total. The summed E-state index contributed by atoms with van der Waals surface area (Å²) in [5.74, 6) is -0.429. The molecule has 1 fully saturated rings. The van der Waals surface area contributed by atoms with Gasteiger partial charge in [-0.2, -0.15) is 5.26 Å². The third kappa shape index (κ3) is 1.83. The van der Waals surface area contributed by atoms with Crippen LogP contribution in [0.4, 0.5) is 0 Å². The summed E-state index contributed by atoms with van der Waals surface area (Å²) in [6, 6.07) is 2.05. The molecule has 13 heavy (non-hydrogen) atoms. The third-order valence-electron chi connectivity index (χ3n) is 2.70. The molecule has 1 rings (SSSR count). The van der Waals surface area contributed by atoms with Gasteiger partial charge in [0.25, 0.3) is 0 Å². The smallest absolute Gasteiger partial charge is 0.111 e. The van der Waals surface area contributed by atoms with Crippen LogP contribution in [0.1, 0.15) is 13.3 Å². The maximum atomic E-state index is 10.2. The van der Waals surface area contributed by atoms with E-state index >= 15 is 0 Å². The molecule has 0 aromatic heterocycles. The molecule has 1 saturated heterocycles. The zero-order valence-electron chi connectivity index (χ0n) is 7.99. The lowest BCUT2D eigenvalue weighted by Crippen LogP contribution is -2.54. The first-order valence-electron chi connectivity index (χ1n) is 4.37. The van der Waals surface area contributed by atoms with Crippen LogP contribution < -0.4 is 0 Å². The fourth-order valence-electron chi connectivity index (χ4n) is 1.61. The lowest BCUT2D eigenvalue weighted by molar-refractivity contribution is -0.178. The largest absolute Gasteiger partial charge is 0.386 e. The summed E-state index contributed by atoms with van der Waals surface area (Å²) in [6.07, 6.45) is 0.0659. The maximum absolute atomic E-state index is 10.2. The van der Waals surface area contributed by atoms with Gasteiger partial charge in [0.1, 0.15) is 11.7 Å². The average Bonchev–Trinajstić information content (AvgIpc) is 2.17. The minimum atomic E-state index is -1.05. The molecule has 0 bridgehead atoms. The summed E-state index contributed by atoms with van der Waals surface area (Å²) in [4.78, 5) is 0. The average molecular weight is 185 g/mol. The molecule has 3 atom stereocenters. The van der Waals surface area contributed by atoms with Crippen LogP contribution in [0.25, 0.3) is 0 Å². The van der Waals surface area contributed by atoms with Crippen molar-refractivity contribution in [1.82, 2.24) is 0 Å². The Morgan fingerprint density at radius 2 is 2.46 bits per heavy atom. The van der Waals surface area contributed by atoms with Gasteiger partial charge in [-0.05, 0) is 6.92 Å². The monoisotopic (exact) mass is 185 g/mol. The van der Waals surface area contributed by atoms with Gasteiger partial charge in [-0.1, -0.05) is 0 Å². The van der Waals surface area contributed by atoms with Crippen molar-refractivity contribution >= 4 is 0 Å². The van der Waals surface area contributed by atoms with Crippen molar-refractivity contribution in [2.24, 2.45) is 5.92 Å². The van der Waals surface area contributed by atoms with Crippen LogP contribution in [0.2, 0.25) is 0 Å². The van der Waals surface area contributed by atoms with Gasteiger partial charge in [-0.25, -0.2) is 0 Å². The quantitative estimate of drug-likeness (QED) is 0.672. The zero-order chi connectivity index (χ0) is 9.90. The summed E-state index contributed by atoms with van der Waals surface area (Å²) in [6.45, 7) is 2.55. The fraction of sp³-hybridized carbons (Fsp3) is 0.889. The second-order valence-corrected chi connectivity index (χ2v) is 3.39. The Morgan fingerprint density at radius 1 is 1.77 bits per heavy atom. The maximum Gasteiger partial charge on any atom is 0.111 e. The van der Waals surface area contributed by atoms with E-state index in [9.17, 15) is 5.11 Å². The van der Waals surface area contributed by atoms with E-state index in [2.05, 4.69) is 6.07 Å². The Labute approximate surface area is 78.1 Å².